The molecule has 4 heterocycles. The summed E-state index contributed by atoms with van der Waals surface area (Å²) in [7, 11) is 0. The van der Waals surface area contributed by atoms with E-state index in [2.05, 4.69) is 31.9 Å². The molecule has 3 saturated heterocycles. The molecule has 0 amide bonds. The van der Waals surface area contributed by atoms with Gasteiger partial charge in [0.15, 0.2) is 5.82 Å². The van der Waals surface area contributed by atoms with E-state index in [1.54, 1.807) is 12.1 Å². The third kappa shape index (κ3) is 5.77. The fraction of sp³-hybridized carbons (Fsp3) is 0.436. The first-order valence-electron chi connectivity index (χ1n) is 17.2. The predicted molar refractivity (Wildman–Crippen MR) is 186 cm³/mol. The number of hydrogen-bond donors (Lipinski definition) is 2. The number of phenols is 1. The fourth-order valence-corrected chi connectivity index (χ4v) is 8.18. The standard InChI is InChI=1S/C39H38F3N5O3/c1-3-12-38(22-49-27-7-8-27)21-46(16-14-43-38)36-30-10-9-29(31-18-26(48)17-24-6-11-32(41)28(4-2)33(24)31)34(42)35(30)44-37(45-36)50-23-39-13-5-15-47(39)20-25(40)19-39/h1-2,6,9-11,17-18,25,27,43,48H,5,7-8,12-16,19-23H2/t25-,38-,39+/m1/s1. The molecular weight excluding hydrogens is 643 g/mol. The monoisotopic (exact) mass is 681 g/mol. The van der Waals surface area contributed by atoms with Gasteiger partial charge in [-0.3, -0.25) is 4.90 Å². The zero-order valence-corrected chi connectivity index (χ0v) is 27.7. The van der Waals surface area contributed by atoms with Crippen molar-refractivity contribution >= 4 is 27.5 Å². The smallest absolute Gasteiger partial charge is 0.319 e. The Hall–Kier alpha value is -4.55. The summed E-state index contributed by atoms with van der Waals surface area (Å²) in [6.45, 7) is 3.33. The van der Waals surface area contributed by atoms with Crippen LogP contribution in [0, 0.1) is 36.3 Å². The average molecular weight is 682 g/mol. The zero-order chi connectivity index (χ0) is 34.6. The molecule has 3 atom stereocenters. The van der Waals surface area contributed by atoms with Crippen molar-refractivity contribution < 1.29 is 27.8 Å². The van der Waals surface area contributed by atoms with Crippen molar-refractivity contribution in [2.45, 2.75) is 61.9 Å². The molecule has 11 heteroatoms. The number of benzene rings is 3. The molecule has 1 aliphatic carbocycles. The molecule has 1 saturated carbocycles. The van der Waals surface area contributed by atoms with Gasteiger partial charge in [-0.25, -0.2) is 13.2 Å². The summed E-state index contributed by atoms with van der Waals surface area (Å²) in [4.78, 5) is 13.7. The zero-order valence-electron chi connectivity index (χ0n) is 27.7. The van der Waals surface area contributed by atoms with Gasteiger partial charge in [0.2, 0.25) is 0 Å². The SMILES string of the molecule is C#CC[C@]1(COC2CC2)CN(c2nc(OC[C@@]34CCCN3C[C@H](F)C4)nc3c(F)c(-c4cc(O)cc5ccc(F)c(C#C)c45)ccc23)CCN1. The number of fused-ring (bicyclic) bond motifs is 3. The van der Waals surface area contributed by atoms with E-state index in [1.165, 1.54) is 24.3 Å². The maximum Gasteiger partial charge on any atom is 0.319 e. The molecular formula is C39H38F3N5O3. The van der Waals surface area contributed by atoms with Gasteiger partial charge in [0.1, 0.15) is 35.7 Å². The van der Waals surface area contributed by atoms with Crippen molar-refractivity contribution in [3.8, 4) is 47.6 Å². The molecule has 0 unspecified atom stereocenters. The topological polar surface area (TPSA) is 83.0 Å². The second kappa shape index (κ2) is 12.6. The number of terminal acetylenes is 2. The van der Waals surface area contributed by atoms with Crippen molar-refractivity contribution in [2.75, 3.05) is 50.8 Å². The number of nitrogens with one attached hydrogen (secondary N) is 1. The van der Waals surface area contributed by atoms with Gasteiger partial charge in [-0.2, -0.15) is 9.97 Å². The van der Waals surface area contributed by atoms with Gasteiger partial charge in [-0.05, 0) is 67.4 Å². The number of rotatable bonds is 9. The molecule has 0 spiro atoms. The van der Waals surface area contributed by atoms with E-state index >= 15 is 4.39 Å². The number of anilines is 1. The molecule has 4 aromatic rings. The molecule has 3 aliphatic heterocycles. The summed E-state index contributed by atoms with van der Waals surface area (Å²) in [6.07, 6.45) is 15.4. The minimum atomic E-state index is -0.940. The quantitative estimate of drug-likeness (QED) is 0.217. The van der Waals surface area contributed by atoms with E-state index in [9.17, 15) is 13.9 Å². The Morgan fingerprint density at radius 2 is 1.92 bits per heavy atom. The maximum absolute atomic E-state index is 17.1. The lowest BCUT2D eigenvalue weighted by molar-refractivity contribution is 0.0558. The van der Waals surface area contributed by atoms with Crippen molar-refractivity contribution in [2.24, 2.45) is 0 Å². The first-order valence-corrected chi connectivity index (χ1v) is 17.2. The number of phenolic OH excluding ortho intramolecular Hbond substituents is 1. The Morgan fingerprint density at radius 1 is 1.06 bits per heavy atom. The van der Waals surface area contributed by atoms with Crippen LogP contribution in [0.25, 0.3) is 32.8 Å². The van der Waals surface area contributed by atoms with E-state index in [4.69, 9.17) is 27.3 Å². The number of aromatic nitrogens is 2. The predicted octanol–water partition coefficient (Wildman–Crippen LogP) is 5.72. The molecule has 4 aliphatic rings. The van der Waals surface area contributed by atoms with Crippen LogP contribution in [0.5, 0.6) is 11.8 Å². The molecule has 0 bridgehead atoms. The number of nitrogens with zero attached hydrogens (tertiary/aromatic N) is 4. The van der Waals surface area contributed by atoms with E-state index in [-0.39, 0.29) is 46.7 Å². The van der Waals surface area contributed by atoms with E-state index in [0.717, 1.165) is 32.2 Å². The molecule has 1 aromatic heterocycles. The lowest BCUT2D eigenvalue weighted by atomic mass is 9.92. The second-order valence-electron chi connectivity index (χ2n) is 14.2. The van der Waals surface area contributed by atoms with Crippen LogP contribution in [0.3, 0.4) is 0 Å². The summed E-state index contributed by atoms with van der Waals surface area (Å²) in [6, 6.07) is 8.83. The van der Waals surface area contributed by atoms with E-state index in [1.807, 2.05) is 0 Å². The van der Waals surface area contributed by atoms with Crippen LogP contribution in [-0.4, -0.2) is 89.3 Å². The highest BCUT2D eigenvalue weighted by atomic mass is 19.1. The highest BCUT2D eigenvalue weighted by Gasteiger charge is 2.49. The van der Waals surface area contributed by atoms with Crippen LogP contribution >= 0.6 is 0 Å². The largest absolute Gasteiger partial charge is 0.508 e. The number of alkyl halides is 1. The summed E-state index contributed by atoms with van der Waals surface area (Å²) in [5, 5.41) is 15.4. The number of piperazine rings is 1. The Labute approximate surface area is 289 Å². The minimum Gasteiger partial charge on any atom is -0.508 e. The minimum absolute atomic E-state index is 0.0106. The first-order chi connectivity index (χ1) is 24.2. The van der Waals surface area contributed by atoms with Crippen molar-refractivity contribution in [1.29, 1.82) is 0 Å². The molecule has 2 N–H and O–H groups in total. The molecule has 258 valence electrons. The van der Waals surface area contributed by atoms with Gasteiger partial charge in [-0.1, -0.05) is 18.1 Å². The number of hydrogen-bond acceptors (Lipinski definition) is 8. The molecule has 4 fully saturated rings. The maximum atomic E-state index is 17.1. The Morgan fingerprint density at radius 3 is 2.72 bits per heavy atom. The Kier molecular flexibility index (Phi) is 8.26. The third-order valence-electron chi connectivity index (χ3n) is 10.7. The Bertz CT molecular complexity index is 2080. The number of halogens is 3. The van der Waals surface area contributed by atoms with Crippen LogP contribution in [0.2, 0.25) is 0 Å². The van der Waals surface area contributed by atoms with Gasteiger partial charge in [0.25, 0.3) is 0 Å². The molecule has 3 aromatic carbocycles. The van der Waals surface area contributed by atoms with Gasteiger partial charge in [-0.15, -0.1) is 18.8 Å². The number of aromatic hydroxyl groups is 1. The summed E-state index contributed by atoms with van der Waals surface area (Å²) >= 11 is 0. The van der Waals surface area contributed by atoms with Gasteiger partial charge < -0.3 is 24.8 Å². The number of ether oxygens (including phenoxy) is 2. The normalized spacial score (nSPS) is 25.1. The van der Waals surface area contributed by atoms with Gasteiger partial charge >= 0.3 is 6.01 Å². The van der Waals surface area contributed by atoms with Gasteiger partial charge in [0, 0.05) is 55.4 Å². The highest BCUT2D eigenvalue weighted by Crippen LogP contribution is 2.42. The summed E-state index contributed by atoms with van der Waals surface area (Å²) in [5.41, 5.74) is -0.762. The second-order valence-corrected chi connectivity index (χ2v) is 14.2. The van der Waals surface area contributed by atoms with E-state index < -0.39 is 28.9 Å². The van der Waals surface area contributed by atoms with Crippen LogP contribution in [0.4, 0.5) is 19.0 Å². The van der Waals surface area contributed by atoms with Crippen molar-refractivity contribution in [3.63, 3.8) is 0 Å². The molecule has 8 rings (SSSR count). The van der Waals surface area contributed by atoms with Crippen molar-refractivity contribution in [3.05, 3.63) is 53.6 Å². The Balaban J connectivity index is 1.25. The third-order valence-corrected chi connectivity index (χ3v) is 10.7. The van der Waals surface area contributed by atoms with Crippen LogP contribution in [-0.2, 0) is 4.74 Å². The average Bonchev–Trinajstić information content (AvgIpc) is 3.78. The summed E-state index contributed by atoms with van der Waals surface area (Å²) in [5.74, 6) is 4.21. The lowest BCUT2D eigenvalue weighted by Gasteiger charge is -2.43. The lowest BCUT2D eigenvalue weighted by Crippen LogP contribution is -2.63. The fourth-order valence-electron chi connectivity index (χ4n) is 8.18. The highest BCUT2D eigenvalue weighted by molar-refractivity contribution is 6.04. The molecule has 50 heavy (non-hydrogen) atoms. The van der Waals surface area contributed by atoms with Crippen molar-refractivity contribution in [1.82, 2.24) is 20.2 Å². The molecule has 0 radical (unpaired) electrons. The van der Waals surface area contributed by atoms with Crippen LogP contribution < -0.4 is 15.0 Å². The first kappa shape index (κ1) is 32.6. The van der Waals surface area contributed by atoms with Crippen LogP contribution in [0.1, 0.15) is 44.1 Å². The van der Waals surface area contributed by atoms with Crippen LogP contribution in [0.15, 0.2) is 36.4 Å². The van der Waals surface area contributed by atoms with Gasteiger partial charge in [0.05, 0.1) is 29.4 Å². The molecule has 8 nitrogen and oxygen atoms in total. The summed E-state index contributed by atoms with van der Waals surface area (Å²) < 4.78 is 59.0. The van der Waals surface area contributed by atoms with E-state index in [0.29, 0.717) is 67.6 Å².